The van der Waals surface area contributed by atoms with E-state index in [2.05, 4.69) is 9.59 Å². The minimum absolute atomic E-state index is 0.150. The van der Waals surface area contributed by atoms with Crippen molar-refractivity contribution in [1.82, 2.24) is 9.59 Å². The molecule has 0 aliphatic rings. The first kappa shape index (κ1) is 12.0. The van der Waals surface area contributed by atoms with Crippen LogP contribution >= 0.6 is 11.5 Å². The molecule has 0 saturated heterocycles. The lowest BCUT2D eigenvalue weighted by Gasteiger charge is -2.11. The Bertz CT molecular complexity index is 454. The van der Waals surface area contributed by atoms with Crippen LogP contribution in [0.1, 0.15) is 30.4 Å². The maximum absolute atomic E-state index is 10.0. The van der Waals surface area contributed by atoms with Crippen LogP contribution in [0.25, 0.3) is 0 Å². The van der Waals surface area contributed by atoms with Gasteiger partial charge in [-0.2, -0.15) is 0 Å². The molecule has 0 spiro atoms. The molecule has 90 valence electrons. The molecule has 0 saturated carbocycles. The zero-order valence-electron chi connectivity index (χ0n) is 9.70. The topological polar surface area (TPSA) is 55.2 Å². The Morgan fingerprint density at radius 3 is 2.47 bits per heavy atom. The largest absolute Gasteiger partial charge is 0.491 e. The summed E-state index contributed by atoms with van der Waals surface area (Å²) in [5, 5.41) is 13.8. The average molecular weight is 250 g/mol. The second-order valence-corrected chi connectivity index (χ2v) is 4.78. The van der Waals surface area contributed by atoms with Crippen LogP contribution in [-0.2, 0) is 0 Å². The van der Waals surface area contributed by atoms with E-state index in [0.29, 0.717) is 0 Å². The van der Waals surface area contributed by atoms with E-state index in [1.54, 1.807) is 6.20 Å². The van der Waals surface area contributed by atoms with Crippen LogP contribution in [0.15, 0.2) is 30.5 Å². The number of ether oxygens (including phenoxy) is 1. The number of aliphatic hydroxyl groups excluding tert-OH is 1. The summed E-state index contributed by atoms with van der Waals surface area (Å²) in [4.78, 5) is 0.738. The summed E-state index contributed by atoms with van der Waals surface area (Å²) in [6.45, 7) is 3.96. The highest BCUT2D eigenvalue weighted by molar-refractivity contribution is 7.05. The number of aromatic nitrogens is 2. The van der Waals surface area contributed by atoms with Gasteiger partial charge in [-0.3, -0.25) is 0 Å². The summed E-state index contributed by atoms with van der Waals surface area (Å²) in [6, 6.07) is 7.41. The first-order chi connectivity index (χ1) is 8.16. The van der Waals surface area contributed by atoms with Gasteiger partial charge in [-0.1, -0.05) is 16.6 Å². The lowest BCUT2D eigenvalue weighted by Crippen LogP contribution is -2.05. The van der Waals surface area contributed by atoms with Crippen molar-refractivity contribution in [3.05, 3.63) is 40.9 Å². The third-order valence-corrected chi connectivity index (χ3v) is 2.93. The number of benzene rings is 1. The van der Waals surface area contributed by atoms with E-state index >= 15 is 0 Å². The summed E-state index contributed by atoms with van der Waals surface area (Å²) < 4.78 is 9.27. The quantitative estimate of drug-likeness (QED) is 0.905. The van der Waals surface area contributed by atoms with E-state index in [1.807, 2.05) is 38.1 Å². The van der Waals surface area contributed by atoms with Gasteiger partial charge in [0.05, 0.1) is 17.2 Å². The Kier molecular flexibility index (Phi) is 3.71. The van der Waals surface area contributed by atoms with Gasteiger partial charge in [0, 0.05) is 0 Å². The second kappa shape index (κ2) is 5.25. The molecule has 2 rings (SSSR count). The lowest BCUT2D eigenvalue weighted by molar-refractivity contribution is 0.223. The predicted molar refractivity (Wildman–Crippen MR) is 66.2 cm³/mol. The highest BCUT2D eigenvalue weighted by atomic mass is 32.1. The van der Waals surface area contributed by atoms with Gasteiger partial charge in [0.15, 0.2) is 0 Å². The fourth-order valence-corrected chi connectivity index (χ4v) is 1.98. The van der Waals surface area contributed by atoms with E-state index < -0.39 is 6.10 Å². The molecule has 1 unspecified atom stereocenters. The Hall–Kier alpha value is -1.46. The van der Waals surface area contributed by atoms with Crippen LogP contribution in [0, 0.1) is 0 Å². The first-order valence-corrected chi connectivity index (χ1v) is 6.16. The smallest absolute Gasteiger partial charge is 0.119 e. The van der Waals surface area contributed by atoms with E-state index in [-0.39, 0.29) is 6.10 Å². The van der Waals surface area contributed by atoms with E-state index in [4.69, 9.17) is 4.74 Å². The van der Waals surface area contributed by atoms with Crippen molar-refractivity contribution in [3.8, 4) is 5.75 Å². The van der Waals surface area contributed by atoms with Gasteiger partial charge in [0.25, 0.3) is 0 Å². The molecule has 1 heterocycles. The summed E-state index contributed by atoms with van der Waals surface area (Å²) in [6.07, 6.45) is 1.06. The van der Waals surface area contributed by atoms with Crippen LogP contribution < -0.4 is 4.74 Å². The number of rotatable bonds is 4. The molecule has 5 heteroatoms. The van der Waals surface area contributed by atoms with Crippen molar-refractivity contribution in [2.45, 2.75) is 26.1 Å². The van der Waals surface area contributed by atoms with Crippen LogP contribution in [0.3, 0.4) is 0 Å². The molecule has 0 aliphatic carbocycles. The average Bonchev–Trinajstić information content (AvgIpc) is 2.82. The maximum Gasteiger partial charge on any atom is 0.119 e. The second-order valence-electron chi connectivity index (χ2n) is 3.96. The Labute approximate surface area is 104 Å². The Morgan fingerprint density at radius 2 is 1.94 bits per heavy atom. The van der Waals surface area contributed by atoms with Crippen molar-refractivity contribution < 1.29 is 9.84 Å². The van der Waals surface area contributed by atoms with Crippen molar-refractivity contribution in [1.29, 1.82) is 0 Å². The van der Waals surface area contributed by atoms with Crippen molar-refractivity contribution in [2.24, 2.45) is 0 Å². The molecule has 1 aromatic carbocycles. The minimum Gasteiger partial charge on any atom is -0.491 e. The lowest BCUT2D eigenvalue weighted by atomic mass is 10.1. The normalized spacial score (nSPS) is 12.7. The standard InChI is InChI=1S/C12H14N2O2S/c1-8(2)16-10-5-3-9(4-6-10)12(15)11-7-13-14-17-11/h3-8,12,15H,1-2H3. The molecule has 0 radical (unpaired) electrons. The van der Waals surface area contributed by atoms with Gasteiger partial charge in [0.1, 0.15) is 11.9 Å². The third kappa shape index (κ3) is 3.01. The summed E-state index contributed by atoms with van der Waals surface area (Å²) in [5.74, 6) is 0.804. The highest BCUT2D eigenvalue weighted by Gasteiger charge is 2.12. The highest BCUT2D eigenvalue weighted by Crippen LogP contribution is 2.25. The predicted octanol–water partition coefficient (Wildman–Crippen LogP) is 2.41. The molecule has 0 fully saturated rings. The fraction of sp³-hybridized carbons (Fsp3) is 0.333. The molecular formula is C12H14N2O2S. The molecular weight excluding hydrogens is 236 g/mol. The number of nitrogens with zero attached hydrogens (tertiary/aromatic N) is 2. The van der Waals surface area contributed by atoms with Gasteiger partial charge in [-0.25, -0.2) is 0 Å². The Balaban J connectivity index is 2.12. The molecule has 2 aromatic rings. The number of hydrogen-bond acceptors (Lipinski definition) is 5. The van der Waals surface area contributed by atoms with Crippen LogP contribution in [0.4, 0.5) is 0 Å². The third-order valence-electron chi connectivity index (χ3n) is 2.22. The van der Waals surface area contributed by atoms with Gasteiger partial charge < -0.3 is 9.84 Å². The van der Waals surface area contributed by atoms with E-state index in [0.717, 1.165) is 16.2 Å². The summed E-state index contributed by atoms with van der Waals surface area (Å²) >= 11 is 1.20. The molecule has 0 bridgehead atoms. The van der Waals surface area contributed by atoms with Gasteiger partial charge >= 0.3 is 0 Å². The van der Waals surface area contributed by atoms with Gasteiger partial charge in [0.2, 0.25) is 0 Å². The fourth-order valence-electron chi connectivity index (χ4n) is 1.46. The van der Waals surface area contributed by atoms with Gasteiger partial charge in [-0.15, -0.1) is 5.10 Å². The van der Waals surface area contributed by atoms with Crippen LogP contribution in [0.2, 0.25) is 0 Å². The van der Waals surface area contributed by atoms with Crippen LogP contribution in [-0.4, -0.2) is 20.8 Å². The van der Waals surface area contributed by atoms with Crippen LogP contribution in [0.5, 0.6) is 5.75 Å². The number of hydrogen-bond donors (Lipinski definition) is 1. The monoisotopic (exact) mass is 250 g/mol. The molecule has 1 atom stereocenters. The molecule has 0 amide bonds. The van der Waals surface area contributed by atoms with Gasteiger partial charge in [-0.05, 0) is 43.1 Å². The zero-order valence-corrected chi connectivity index (χ0v) is 10.5. The SMILES string of the molecule is CC(C)Oc1ccc(C(O)c2cnns2)cc1. The molecule has 1 aromatic heterocycles. The summed E-state index contributed by atoms with van der Waals surface area (Å²) in [7, 11) is 0. The van der Waals surface area contributed by atoms with Crippen molar-refractivity contribution in [2.75, 3.05) is 0 Å². The van der Waals surface area contributed by atoms with Crippen molar-refractivity contribution in [3.63, 3.8) is 0 Å². The molecule has 0 aliphatic heterocycles. The minimum atomic E-state index is -0.664. The maximum atomic E-state index is 10.0. The Morgan fingerprint density at radius 1 is 1.24 bits per heavy atom. The molecule has 1 N–H and O–H groups in total. The molecule has 4 nitrogen and oxygen atoms in total. The summed E-state index contributed by atoms with van der Waals surface area (Å²) in [5.41, 5.74) is 0.812. The van der Waals surface area contributed by atoms with Crippen molar-refractivity contribution >= 4 is 11.5 Å². The number of aliphatic hydroxyl groups is 1. The zero-order chi connectivity index (χ0) is 12.3. The van der Waals surface area contributed by atoms with E-state index in [9.17, 15) is 5.11 Å². The molecule has 17 heavy (non-hydrogen) atoms. The first-order valence-electron chi connectivity index (χ1n) is 5.39. The van der Waals surface area contributed by atoms with E-state index in [1.165, 1.54) is 11.5 Å².